The Balaban J connectivity index is 0.000000318. The lowest BCUT2D eigenvalue weighted by Gasteiger charge is -2.07. The van der Waals surface area contributed by atoms with Crippen LogP contribution in [0.25, 0.3) is 17.1 Å². The molecule has 0 saturated heterocycles. The second kappa shape index (κ2) is 16.0. The van der Waals surface area contributed by atoms with E-state index in [4.69, 9.17) is 20.3 Å². The normalized spacial score (nSPS) is 11.1. The quantitative estimate of drug-likeness (QED) is 0.143. The highest BCUT2D eigenvalue weighted by molar-refractivity contribution is 5.87. The Morgan fingerprint density at radius 3 is 2.38 bits per heavy atom. The number of oxazole rings is 1. The molecule has 0 fully saturated rings. The van der Waals surface area contributed by atoms with Gasteiger partial charge in [-0.25, -0.2) is 14.5 Å². The summed E-state index contributed by atoms with van der Waals surface area (Å²) in [5.41, 5.74) is 5.35. The van der Waals surface area contributed by atoms with Crippen molar-refractivity contribution in [2.24, 2.45) is 0 Å². The van der Waals surface area contributed by atoms with E-state index in [0.29, 0.717) is 36.7 Å². The summed E-state index contributed by atoms with van der Waals surface area (Å²) in [6.07, 6.45) is 8.11. The van der Waals surface area contributed by atoms with Gasteiger partial charge in [0.25, 0.3) is 0 Å². The van der Waals surface area contributed by atoms with E-state index in [0.717, 1.165) is 39.6 Å². The van der Waals surface area contributed by atoms with Crippen LogP contribution in [0.1, 0.15) is 51.5 Å². The van der Waals surface area contributed by atoms with Gasteiger partial charge in [-0.05, 0) is 73.5 Å². The Hall–Kier alpha value is -6.07. The fourth-order valence-electron chi connectivity index (χ4n) is 5.03. The molecule has 4 aromatic carbocycles. The second-order valence-electron chi connectivity index (χ2n) is 11.1. The number of terminal acetylenes is 1. The Morgan fingerprint density at radius 1 is 0.958 bits per heavy atom. The van der Waals surface area contributed by atoms with Crippen molar-refractivity contribution in [2.75, 3.05) is 13.7 Å². The van der Waals surface area contributed by atoms with Crippen molar-refractivity contribution in [1.82, 2.24) is 14.8 Å². The Morgan fingerprint density at radius 2 is 1.67 bits per heavy atom. The number of para-hydroxylation sites is 1. The van der Waals surface area contributed by atoms with Crippen molar-refractivity contribution in [3.05, 3.63) is 149 Å². The molecule has 0 aliphatic rings. The van der Waals surface area contributed by atoms with Crippen LogP contribution in [0, 0.1) is 19.3 Å². The highest BCUT2D eigenvalue weighted by atomic mass is 16.5. The maximum absolute atomic E-state index is 11.8. The predicted molar refractivity (Wildman–Crippen MR) is 186 cm³/mol. The van der Waals surface area contributed by atoms with Gasteiger partial charge in [0.1, 0.15) is 17.3 Å². The molecule has 0 aliphatic carbocycles. The molecule has 0 radical (unpaired) electrons. The second-order valence-corrected chi connectivity index (χ2v) is 11.1. The van der Waals surface area contributed by atoms with E-state index in [1.165, 1.54) is 0 Å². The minimum atomic E-state index is -1.05. The number of aromatic nitrogens is 3. The monoisotopic (exact) mass is 639 g/mol. The van der Waals surface area contributed by atoms with Gasteiger partial charge in [-0.1, -0.05) is 66.6 Å². The molecule has 6 rings (SSSR count). The molecule has 1 unspecified atom stereocenters. The zero-order valence-electron chi connectivity index (χ0n) is 27.2. The van der Waals surface area contributed by atoms with Gasteiger partial charge in [-0.2, -0.15) is 5.10 Å². The number of aryl methyl sites for hydroxylation is 1. The summed E-state index contributed by atoms with van der Waals surface area (Å²) in [6.45, 7) is 4.34. The molecule has 242 valence electrons. The Kier molecular flexibility index (Phi) is 11.1. The van der Waals surface area contributed by atoms with Crippen molar-refractivity contribution in [1.29, 1.82) is 0 Å². The number of carbonyl (C=O) groups is 1. The lowest BCUT2D eigenvalue weighted by Crippen LogP contribution is -2.04. The standard InChI is InChI=1S/C29H25N3O4.C11H12O/c1-20-26(30-28(36-20)22-10-4-2-5-11-22)15-16-35-25-14-8-9-21(18-25)17-23-19-32(31-27(23)29(33)34)24-12-6-3-7-13-24;1-4-9(2)10-6-5-7-11(8-10)12-3/h2-14,18-19H,15-17H2,1H3,(H,33,34);1,5-9H,2-3H3. The van der Waals surface area contributed by atoms with Crippen LogP contribution in [0.3, 0.4) is 0 Å². The molecule has 0 spiro atoms. The van der Waals surface area contributed by atoms with E-state index in [9.17, 15) is 9.90 Å². The molecule has 0 bridgehead atoms. The van der Waals surface area contributed by atoms with Gasteiger partial charge in [-0.3, -0.25) is 0 Å². The van der Waals surface area contributed by atoms with Crippen LogP contribution in [0.4, 0.5) is 0 Å². The van der Waals surface area contributed by atoms with Gasteiger partial charge >= 0.3 is 5.97 Å². The lowest BCUT2D eigenvalue weighted by molar-refractivity contribution is 0.0689. The third kappa shape index (κ3) is 8.59. The Bertz CT molecular complexity index is 1990. The molecule has 2 heterocycles. The van der Waals surface area contributed by atoms with Gasteiger partial charge in [0.2, 0.25) is 5.89 Å². The van der Waals surface area contributed by atoms with Crippen LogP contribution >= 0.6 is 0 Å². The van der Waals surface area contributed by atoms with Gasteiger partial charge in [0.15, 0.2) is 5.69 Å². The SMILES string of the molecule is C#CC(C)c1cccc(OC)c1.Cc1oc(-c2ccccc2)nc1CCOc1cccc(Cc2cn(-c3ccccc3)nc2C(=O)O)c1. The third-order valence-electron chi connectivity index (χ3n) is 7.67. The van der Waals surface area contributed by atoms with Crippen molar-refractivity contribution in [2.45, 2.75) is 32.6 Å². The summed E-state index contributed by atoms with van der Waals surface area (Å²) in [7, 11) is 1.65. The van der Waals surface area contributed by atoms with E-state index in [2.05, 4.69) is 16.0 Å². The summed E-state index contributed by atoms with van der Waals surface area (Å²) < 4.78 is 18.5. The van der Waals surface area contributed by atoms with Crippen molar-refractivity contribution < 1.29 is 23.8 Å². The molecule has 2 aromatic heterocycles. The first-order valence-corrected chi connectivity index (χ1v) is 15.6. The van der Waals surface area contributed by atoms with E-state index in [1.807, 2.05) is 123 Å². The minimum absolute atomic E-state index is 0.0425. The molecule has 0 amide bonds. The van der Waals surface area contributed by atoms with E-state index in [1.54, 1.807) is 18.0 Å². The van der Waals surface area contributed by atoms with Crippen molar-refractivity contribution >= 4 is 5.97 Å². The van der Waals surface area contributed by atoms with Gasteiger partial charge < -0.3 is 19.0 Å². The molecule has 8 nitrogen and oxygen atoms in total. The zero-order chi connectivity index (χ0) is 33.9. The third-order valence-corrected chi connectivity index (χ3v) is 7.67. The van der Waals surface area contributed by atoms with E-state index >= 15 is 0 Å². The van der Waals surface area contributed by atoms with Crippen LogP contribution in [0.5, 0.6) is 11.5 Å². The van der Waals surface area contributed by atoms with Crippen LogP contribution in [-0.4, -0.2) is 39.6 Å². The molecule has 1 atom stereocenters. The van der Waals surface area contributed by atoms with Gasteiger partial charge in [0, 0.05) is 36.1 Å². The molecular weight excluding hydrogens is 602 g/mol. The van der Waals surface area contributed by atoms with E-state index in [-0.39, 0.29) is 11.6 Å². The average Bonchev–Trinajstić information content (AvgIpc) is 3.72. The number of aromatic carboxylic acids is 1. The molecular formula is C40H37N3O5. The first kappa shape index (κ1) is 33.3. The van der Waals surface area contributed by atoms with Gasteiger partial charge in [0.05, 0.1) is 25.1 Å². The number of rotatable bonds is 11. The number of ether oxygens (including phenoxy) is 2. The number of carboxylic acid groups (broad SMARTS) is 1. The van der Waals surface area contributed by atoms with Crippen LogP contribution in [0.2, 0.25) is 0 Å². The maximum Gasteiger partial charge on any atom is 0.356 e. The van der Waals surface area contributed by atoms with Crippen LogP contribution in [-0.2, 0) is 12.8 Å². The number of nitrogens with zero attached hydrogens (tertiary/aromatic N) is 3. The molecule has 1 N–H and O–H groups in total. The summed E-state index contributed by atoms with van der Waals surface area (Å²) in [5.74, 6) is 4.73. The molecule has 48 heavy (non-hydrogen) atoms. The highest BCUT2D eigenvalue weighted by Gasteiger charge is 2.17. The molecule has 8 heteroatoms. The fourth-order valence-corrected chi connectivity index (χ4v) is 5.03. The van der Waals surface area contributed by atoms with Crippen molar-refractivity contribution in [3.63, 3.8) is 0 Å². The largest absolute Gasteiger partial charge is 0.497 e. The van der Waals surface area contributed by atoms with Crippen molar-refractivity contribution in [3.8, 4) is 41.0 Å². The zero-order valence-corrected chi connectivity index (χ0v) is 27.2. The first-order valence-electron chi connectivity index (χ1n) is 15.6. The highest BCUT2D eigenvalue weighted by Crippen LogP contribution is 2.24. The Labute approximate surface area is 280 Å². The fraction of sp³-hybridized carbons (Fsp3) is 0.175. The van der Waals surface area contributed by atoms with Gasteiger partial charge in [-0.15, -0.1) is 6.42 Å². The number of hydrogen-bond donors (Lipinski definition) is 1. The average molecular weight is 640 g/mol. The smallest absolute Gasteiger partial charge is 0.356 e. The minimum Gasteiger partial charge on any atom is -0.497 e. The topological polar surface area (TPSA) is 99.6 Å². The van der Waals surface area contributed by atoms with Crippen LogP contribution in [0.15, 0.2) is 120 Å². The first-order chi connectivity index (χ1) is 23.3. The summed E-state index contributed by atoms with van der Waals surface area (Å²) in [6, 6.07) is 34.8. The number of carboxylic acids is 1. The summed E-state index contributed by atoms with van der Waals surface area (Å²) in [5, 5.41) is 13.9. The predicted octanol–water partition coefficient (Wildman–Crippen LogP) is 8.18. The van der Waals surface area contributed by atoms with Crippen LogP contribution < -0.4 is 9.47 Å². The molecule has 6 aromatic rings. The summed E-state index contributed by atoms with van der Waals surface area (Å²) >= 11 is 0. The number of hydrogen-bond acceptors (Lipinski definition) is 6. The van der Waals surface area contributed by atoms with E-state index < -0.39 is 5.97 Å². The summed E-state index contributed by atoms with van der Waals surface area (Å²) in [4.78, 5) is 16.4. The molecule has 0 aliphatic heterocycles. The number of benzene rings is 4. The maximum atomic E-state index is 11.8. The molecule has 0 saturated carbocycles. The number of methoxy groups -OCH3 is 1. The lowest BCUT2D eigenvalue weighted by atomic mass is 10.0.